The fourth-order valence-electron chi connectivity index (χ4n) is 6.21. The number of nitrogens with one attached hydrogen (secondary N) is 2. The predicted octanol–water partition coefficient (Wildman–Crippen LogP) is 4.90. The average molecular weight is 575 g/mol. The molecule has 7 nitrogen and oxygen atoms in total. The van der Waals surface area contributed by atoms with Crippen molar-refractivity contribution in [2.75, 3.05) is 6.54 Å². The molecule has 0 saturated heterocycles. The van der Waals surface area contributed by atoms with Gasteiger partial charge in [0, 0.05) is 24.0 Å². The quantitative estimate of drug-likeness (QED) is 0.422. The first-order chi connectivity index (χ1) is 18.3. The van der Waals surface area contributed by atoms with Crippen LogP contribution >= 0.6 is 11.6 Å². The minimum absolute atomic E-state index is 0.00332. The van der Waals surface area contributed by atoms with Crippen LogP contribution in [0.4, 0.5) is 4.39 Å². The summed E-state index contributed by atoms with van der Waals surface area (Å²) in [5.74, 6) is 0.607. The molecule has 1 atom stereocenters. The molecule has 0 spiro atoms. The summed E-state index contributed by atoms with van der Waals surface area (Å²) in [6, 6.07) is 12.2. The molecule has 39 heavy (non-hydrogen) atoms. The molecule has 6 rings (SSSR count). The molecule has 2 N–H and O–H groups in total. The van der Waals surface area contributed by atoms with Crippen LogP contribution in [0.5, 0.6) is 0 Å². The molecule has 1 aliphatic heterocycles. The molecule has 0 radical (unpaired) electrons. The molecular weight excluding hydrogens is 539 g/mol. The van der Waals surface area contributed by atoms with Crippen molar-refractivity contribution >= 4 is 33.4 Å². The van der Waals surface area contributed by atoms with E-state index in [0.29, 0.717) is 37.3 Å². The largest absolute Gasteiger partial charge is 0.366 e. The normalized spacial score (nSPS) is 27.0. The van der Waals surface area contributed by atoms with Crippen LogP contribution in [0.2, 0.25) is 5.02 Å². The minimum atomic E-state index is -3.86. The van der Waals surface area contributed by atoms with Crippen LogP contribution in [-0.4, -0.2) is 48.1 Å². The maximum absolute atomic E-state index is 14.3. The summed E-state index contributed by atoms with van der Waals surface area (Å²) in [5.41, 5.74) is -0.904. The van der Waals surface area contributed by atoms with E-state index in [9.17, 15) is 17.6 Å². The maximum Gasteiger partial charge on any atom is 0.247 e. The molecule has 2 bridgehead atoms. The second kappa shape index (κ2) is 9.85. The Hall–Kier alpha value is -2.49. The van der Waals surface area contributed by atoms with Gasteiger partial charge in [-0.15, -0.1) is 0 Å². The van der Waals surface area contributed by atoms with Gasteiger partial charge in [-0.2, -0.15) is 4.31 Å². The zero-order valence-electron chi connectivity index (χ0n) is 22.8. The van der Waals surface area contributed by atoms with Crippen molar-refractivity contribution in [2.24, 2.45) is 16.3 Å². The molecule has 10 heteroatoms. The van der Waals surface area contributed by atoms with Gasteiger partial charge in [-0.05, 0) is 75.3 Å². The number of carbonyl (C=O) groups is 1. The summed E-state index contributed by atoms with van der Waals surface area (Å²) in [7, 11) is -3.86. The van der Waals surface area contributed by atoms with Crippen LogP contribution in [0, 0.1) is 17.2 Å². The van der Waals surface area contributed by atoms with E-state index < -0.39 is 33.0 Å². The first-order valence-electron chi connectivity index (χ1n) is 13.4. The van der Waals surface area contributed by atoms with Crippen molar-refractivity contribution in [3.63, 3.8) is 0 Å². The SMILES string of the molecule is CC(C)CCNC(=O)[C@@H]1N=C(C23CC(N(Cc4ccc(Cl)c(F)c4)S(=O)(=O)c4ccccc4)(C2)C3)NC1(C)C. The van der Waals surface area contributed by atoms with Gasteiger partial charge in [0.05, 0.1) is 15.5 Å². The highest BCUT2D eigenvalue weighted by Gasteiger charge is 2.75. The first-order valence-corrected chi connectivity index (χ1v) is 15.3. The van der Waals surface area contributed by atoms with Gasteiger partial charge in [-0.1, -0.05) is 49.7 Å². The number of amidine groups is 1. The van der Waals surface area contributed by atoms with E-state index in [4.69, 9.17) is 16.6 Å². The Morgan fingerprint density at radius 1 is 1.18 bits per heavy atom. The van der Waals surface area contributed by atoms with E-state index in [1.54, 1.807) is 36.4 Å². The molecule has 2 aromatic rings. The molecule has 0 unspecified atom stereocenters. The van der Waals surface area contributed by atoms with Crippen molar-refractivity contribution in [3.05, 3.63) is 64.9 Å². The minimum Gasteiger partial charge on any atom is -0.366 e. The van der Waals surface area contributed by atoms with Gasteiger partial charge in [0.25, 0.3) is 0 Å². The molecule has 2 aromatic carbocycles. The number of halogens is 2. The van der Waals surface area contributed by atoms with Gasteiger partial charge in [-0.3, -0.25) is 9.79 Å². The standard InChI is InChI=1S/C29H36ClFN4O3S/c1-19(2)12-13-32-25(36)24-27(3,4)34-26(33-24)28-16-29(17-28,18-28)35(15-20-10-11-22(30)23(31)14-20)39(37,38)21-8-6-5-7-9-21/h5-11,14,19,24H,12-13,15-18H2,1-4H3,(H,32,36)(H,33,34)/t24-,28?,29?/m0/s1. The highest BCUT2D eigenvalue weighted by atomic mass is 35.5. The smallest absolute Gasteiger partial charge is 0.247 e. The number of aliphatic imine (C=N–C) groups is 1. The van der Waals surface area contributed by atoms with Gasteiger partial charge >= 0.3 is 0 Å². The van der Waals surface area contributed by atoms with Crippen molar-refractivity contribution in [1.82, 2.24) is 14.9 Å². The van der Waals surface area contributed by atoms with Gasteiger partial charge < -0.3 is 10.6 Å². The molecule has 1 amide bonds. The lowest BCUT2D eigenvalue weighted by Gasteiger charge is -2.73. The number of amides is 1. The average Bonchev–Trinajstić information content (AvgIpc) is 3.14. The molecule has 0 aromatic heterocycles. The van der Waals surface area contributed by atoms with E-state index in [2.05, 4.69) is 24.5 Å². The third-order valence-electron chi connectivity index (χ3n) is 8.33. The van der Waals surface area contributed by atoms with E-state index in [1.807, 2.05) is 13.8 Å². The van der Waals surface area contributed by atoms with Crippen molar-refractivity contribution < 1.29 is 17.6 Å². The Labute approximate surface area is 235 Å². The molecule has 3 aliphatic carbocycles. The van der Waals surface area contributed by atoms with Crippen LogP contribution in [0.25, 0.3) is 0 Å². The second-order valence-electron chi connectivity index (χ2n) is 12.3. The van der Waals surface area contributed by atoms with E-state index >= 15 is 0 Å². The lowest BCUT2D eigenvalue weighted by molar-refractivity contribution is -0.151. The molecular formula is C29H36ClFN4O3S. The molecule has 3 fully saturated rings. The van der Waals surface area contributed by atoms with Crippen LogP contribution in [-0.2, 0) is 21.4 Å². The van der Waals surface area contributed by atoms with E-state index in [1.165, 1.54) is 16.4 Å². The van der Waals surface area contributed by atoms with Crippen LogP contribution in [0.15, 0.2) is 58.4 Å². The van der Waals surface area contributed by atoms with E-state index in [0.717, 1.165) is 12.3 Å². The zero-order chi connectivity index (χ0) is 28.2. The number of carbonyl (C=O) groups excluding carboxylic acids is 1. The number of hydrogen-bond acceptors (Lipinski definition) is 5. The summed E-state index contributed by atoms with van der Waals surface area (Å²) in [5, 5.41) is 6.50. The van der Waals surface area contributed by atoms with Gasteiger partial charge in [0.2, 0.25) is 15.9 Å². The molecule has 4 aliphatic rings. The van der Waals surface area contributed by atoms with Crippen molar-refractivity contribution in [3.8, 4) is 0 Å². The van der Waals surface area contributed by atoms with Crippen LogP contribution in [0.3, 0.4) is 0 Å². The van der Waals surface area contributed by atoms with Gasteiger partial charge in [0.15, 0.2) is 6.04 Å². The van der Waals surface area contributed by atoms with Crippen LogP contribution in [0.1, 0.15) is 58.9 Å². The third kappa shape index (κ3) is 4.98. The Morgan fingerprint density at radius 2 is 1.85 bits per heavy atom. The predicted molar refractivity (Wildman–Crippen MR) is 150 cm³/mol. The van der Waals surface area contributed by atoms with Gasteiger partial charge in [0.1, 0.15) is 11.7 Å². The highest BCUT2D eigenvalue weighted by Crippen LogP contribution is 2.71. The highest BCUT2D eigenvalue weighted by molar-refractivity contribution is 7.89. The van der Waals surface area contributed by atoms with Gasteiger partial charge in [-0.25, -0.2) is 12.8 Å². The number of nitrogens with zero attached hydrogens (tertiary/aromatic N) is 2. The number of rotatable bonds is 10. The summed E-state index contributed by atoms with van der Waals surface area (Å²) < 4.78 is 43.5. The Morgan fingerprint density at radius 3 is 2.46 bits per heavy atom. The summed E-state index contributed by atoms with van der Waals surface area (Å²) in [4.78, 5) is 18.0. The van der Waals surface area contributed by atoms with E-state index in [-0.39, 0.29) is 27.8 Å². The summed E-state index contributed by atoms with van der Waals surface area (Å²) in [6.07, 6.45) is 2.67. The second-order valence-corrected chi connectivity index (χ2v) is 14.6. The fourth-order valence-corrected chi connectivity index (χ4v) is 8.11. The van der Waals surface area contributed by atoms with Crippen molar-refractivity contribution in [2.45, 2.75) is 81.9 Å². The lowest BCUT2D eigenvalue weighted by atomic mass is 9.38. The molecule has 1 heterocycles. The summed E-state index contributed by atoms with van der Waals surface area (Å²) in [6.45, 7) is 8.82. The number of hydrogen-bond donors (Lipinski definition) is 2. The third-order valence-corrected chi connectivity index (χ3v) is 10.6. The fraction of sp³-hybridized carbons (Fsp3) is 0.517. The Balaban J connectivity index is 1.38. The number of sulfonamides is 1. The Bertz CT molecular complexity index is 1390. The molecule has 3 saturated carbocycles. The van der Waals surface area contributed by atoms with Crippen molar-refractivity contribution in [1.29, 1.82) is 0 Å². The summed E-state index contributed by atoms with van der Waals surface area (Å²) >= 11 is 5.87. The topological polar surface area (TPSA) is 90.9 Å². The maximum atomic E-state index is 14.3. The lowest BCUT2D eigenvalue weighted by Crippen LogP contribution is -2.78. The number of benzene rings is 2. The Kier molecular flexibility index (Phi) is 7.09. The molecule has 210 valence electrons. The first kappa shape index (κ1) is 28.1. The zero-order valence-corrected chi connectivity index (χ0v) is 24.4. The van der Waals surface area contributed by atoms with Crippen LogP contribution < -0.4 is 10.6 Å². The monoisotopic (exact) mass is 574 g/mol.